The van der Waals surface area contributed by atoms with E-state index in [2.05, 4.69) is 17.1 Å². The summed E-state index contributed by atoms with van der Waals surface area (Å²) in [6.07, 6.45) is 4.01. The lowest BCUT2D eigenvalue weighted by Crippen LogP contribution is -2.33. The van der Waals surface area contributed by atoms with Gasteiger partial charge in [0.1, 0.15) is 0 Å². The van der Waals surface area contributed by atoms with Crippen molar-refractivity contribution in [3.8, 4) is 0 Å². The Kier molecular flexibility index (Phi) is 4.30. The second-order valence-corrected chi connectivity index (χ2v) is 5.19. The summed E-state index contributed by atoms with van der Waals surface area (Å²) >= 11 is 0. The Balaban J connectivity index is 2.15. The van der Waals surface area contributed by atoms with E-state index in [0.29, 0.717) is 11.3 Å². The van der Waals surface area contributed by atoms with Crippen molar-refractivity contribution < 1.29 is 4.79 Å². The Hall–Kier alpha value is -1.71. The number of nitrogens with two attached hydrogens (primary N) is 1. The quantitative estimate of drug-likeness (QED) is 0.799. The molecule has 0 atom stereocenters. The maximum absolute atomic E-state index is 11.6. The van der Waals surface area contributed by atoms with Crippen LogP contribution in [0.2, 0.25) is 0 Å². The first-order valence-electron chi connectivity index (χ1n) is 7.02. The standard InChI is InChI=1S/C15H23N3O/c1-3-18(10-11-5-4-6-11)14-8-7-12(9-13(14)16)15(19)17-2/h7-9,11H,3-6,10,16H2,1-2H3,(H,17,19). The fraction of sp³-hybridized carbons (Fsp3) is 0.533. The molecule has 1 amide bonds. The molecule has 4 nitrogen and oxygen atoms in total. The molecule has 0 aliphatic heterocycles. The summed E-state index contributed by atoms with van der Waals surface area (Å²) in [4.78, 5) is 13.9. The van der Waals surface area contributed by atoms with Crippen molar-refractivity contribution in [2.45, 2.75) is 26.2 Å². The average molecular weight is 261 g/mol. The first kappa shape index (κ1) is 13.7. The van der Waals surface area contributed by atoms with E-state index in [1.807, 2.05) is 12.1 Å². The topological polar surface area (TPSA) is 58.4 Å². The molecule has 0 aromatic heterocycles. The number of hydrogen-bond acceptors (Lipinski definition) is 3. The molecule has 1 fully saturated rings. The second-order valence-electron chi connectivity index (χ2n) is 5.19. The molecule has 0 heterocycles. The molecule has 0 unspecified atom stereocenters. The van der Waals surface area contributed by atoms with Crippen LogP contribution in [0.1, 0.15) is 36.5 Å². The maximum Gasteiger partial charge on any atom is 0.251 e. The minimum Gasteiger partial charge on any atom is -0.397 e. The van der Waals surface area contributed by atoms with Crippen LogP contribution in [0.15, 0.2) is 18.2 Å². The van der Waals surface area contributed by atoms with E-state index in [4.69, 9.17) is 5.73 Å². The van der Waals surface area contributed by atoms with Gasteiger partial charge in [-0.05, 0) is 43.9 Å². The Labute approximate surface area is 115 Å². The zero-order valence-electron chi connectivity index (χ0n) is 11.8. The van der Waals surface area contributed by atoms with E-state index in [9.17, 15) is 4.79 Å². The van der Waals surface area contributed by atoms with Crippen molar-refractivity contribution in [3.05, 3.63) is 23.8 Å². The molecule has 0 spiro atoms. The lowest BCUT2D eigenvalue weighted by molar-refractivity contribution is 0.0963. The molecule has 0 bridgehead atoms. The van der Waals surface area contributed by atoms with Gasteiger partial charge in [-0.2, -0.15) is 0 Å². The first-order valence-corrected chi connectivity index (χ1v) is 7.02. The molecule has 104 valence electrons. The molecule has 1 saturated carbocycles. The number of nitrogens with one attached hydrogen (secondary N) is 1. The number of hydrogen-bond donors (Lipinski definition) is 2. The van der Waals surface area contributed by atoms with Crippen LogP contribution in [0.4, 0.5) is 11.4 Å². The van der Waals surface area contributed by atoms with Crippen LogP contribution in [0.3, 0.4) is 0 Å². The smallest absolute Gasteiger partial charge is 0.251 e. The lowest BCUT2D eigenvalue weighted by Gasteiger charge is -2.33. The van der Waals surface area contributed by atoms with E-state index in [1.54, 1.807) is 13.1 Å². The van der Waals surface area contributed by atoms with Crippen molar-refractivity contribution in [1.82, 2.24) is 5.32 Å². The predicted molar refractivity (Wildman–Crippen MR) is 79.5 cm³/mol. The van der Waals surface area contributed by atoms with Crippen molar-refractivity contribution in [2.75, 3.05) is 30.8 Å². The van der Waals surface area contributed by atoms with Gasteiger partial charge in [0.25, 0.3) is 5.91 Å². The third kappa shape index (κ3) is 3.00. The number of benzene rings is 1. The molecule has 0 saturated heterocycles. The van der Waals surface area contributed by atoms with Gasteiger partial charge in [0.15, 0.2) is 0 Å². The van der Waals surface area contributed by atoms with Crippen LogP contribution in [0, 0.1) is 5.92 Å². The van der Waals surface area contributed by atoms with Crippen LogP contribution in [0.5, 0.6) is 0 Å². The molecule has 1 aromatic carbocycles. The Morgan fingerprint density at radius 2 is 2.21 bits per heavy atom. The third-order valence-electron chi connectivity index (χ3n) is 3.94. The van der Waals surface area contributed by atoms with Crippen LogP contribution >= 0.6 is 0 Å². The summed E-state index contributed by atoms with van der Waals surface area (Å²) in [5.41, 5.74) is 8.44. The van der Waals surface area contributed by atoms with Crippen molar-refractivity contribution >= 4 is 17.3 Å². The molecule has 0 radical (unpaired) electrons. The highest BCUT2D eigenvalue weighted by molar-refractivity contribution is 5.96. The summed E-state index contributed by atoms with van der Waals surface area (Å²) in [6, 6.07) is 5.56. The Bertz CT molecular complexity index is 455. The van der Waals surface area contributed by atoms with E-state index in [-0.39, 0.29) is 5.91 Å². The molecule has 1 aliphatic rings. The van der Waals surface area contributed by atoms with Crippen molar-refractivity contribution in [3.63, 3.8) is 0 Å². The number of nitrogen functional groups attached to an aromatic ring is 1. The molecule has 19 heavy (non-hydrogen) atoms. The van der Waals surface area contributed by atoms with Crippen LogP contribution < -0.4 is 16.0 Å². The van der Waals surface area contributed by atoms with Gasteiger partial charge in [-0.25, -0.2) is 0 Å². The zero-order valence-corrected chi connectivity index (χ0v) is 11.8. The Morgan fingerprint density at radius 1 is 1.47 bits per heavy atom. The molecule has 1 aromatic rings. The normalized spacial score (nSPS) is 14.8. The summed E-state index contributed by atoms with van der Waals surface area (Å²) in [5.74, 6) is 0.707. The van der Waals surface area contributed by atoms with E-state index >= 15 is 0 Å². The minimum absolute atomic E-state index is 0.0970. The van der Waals surface area contributed by atoms with Gasteiger partial charge in [-0.3, -0.25) is 4.79 Å². The molecule has 4 heteroatoms. The molecule has 1 aliphatic carbocycles. The number of carbonyl (C=O) groups excluding carboxylic acids is 1. The maximum atomic E-state index is 11.6. The summed E-state index contributed by atoms with van der Waals surface area (Å²) in [7, 11) is 1.63. The van der Waals surface area contributed by atoms with Crippen LogP contribution in [0.25, 0.3) is 0 Å². The fourth-order valence-electron chi connectivity index (χ4n) is 2.51. The number of anilines is 2. The summed E-state index contributed by atoms with van der Waals surface area (Å²) < 4.78 is 0. The van der Waals surface area contributed by atoms with Crippen molar-refractivity contribution in [1.29, 1.82) is 0 Å². The lowest BCUT2D eigenvalue weighted by atomic mass is 9.85. The van der Waals surface area contributed by atoms with Gasteiger partial charge in [-0.15, -0.1) is 0 Å². The summed E-state index contributed by atoms with van der Waals surface area (Å²) in [6.45, 7) is 4.16. The van der Waals surface area contributed by atoms with Gasteiger partial charge in [-0.1, -0.05) is 6.42 Å². The third-order valence-corrected chi connectivity index (χ3v) is 3.94. The van der Waals surface area contributed by atoms with Crippen LogP contribution in [-0.4, -0.2) is 26.0 Å². The average Bonchev–Trinajstić information content (AvgIpc) is 2.37. The monoisotopic (exact) mass is 261 g/mol. The number of rotatable bonds is 5. The zero-order chi connectivity index (χ0) is 13.8. The number of nitrogens with zero attached hydrogens (tertiary/aromatic N) is 1. The second kappa shape index (κ2) is 5.95. The predicted octanol–water partition coefficient (Wildman–Crippen LogP) is 2.25. The van der Waals surface area contributed by atoms with Gasteiger partial charge < -0.3 is 16.0 Å². The molecule has 2 rings (SSSR count). The summed E-state index contributed by atoms with van der Waals surface area (Å²) in [5, 5.41) is 2.61. The van der Waals surface area contributed by atoms with E-state index in [0.717, 1.165) is 24.7 Å². The fourth-order valence-corrected chi connectivity index (χ4v) is 2.51. The molecular weight excluding hydrogens is 238 g/mol. The SMILES string of the molecule is CCN(CC1CCC1)c1ccc(C(=O)NC)cc1N. The molecular formula is C15H23N3O. The molecule has 3 N–H and O–H groups in total. The van der Waals surface area contributed by atoms with Gasteiger partial charge in [0, 0.05) is 25.7 Å². The first-order chi connectivity index (χ1) is 9.15. The highest BCUT2D eigenvalue weighted by Gasteiger charge is 2.21. The van der Waals surface area contributed by atoms with Gasteiger partial charge in [0.2, 0.25) is 0 Å². The van der Waals surface area contributed by atoms with E-state index in [1.165, 1.54) is 19.3 Å². The number of carbonyl (C=O) groups is 1. The van der Waals surface area contributed by atoms with E-state index < -0.39 is 0 Å². The minimum atomic E-state index is -0.0970. The highest BCUT2D eigenvalue weighted by atomic mass is 16.1. The van der Waals surface area contributed by atoms with Crippen molar-refractivity contribution in [2.24, 2.45) is 5.92 Å². The number of amides is 1. The van der Waals surface area contributed by atoms with Crippen LogP contribution in [-0.2, 0) is 0 Å². The van der Waals surface area contributed by atoms with Gasteiger partial charge >= 0.3 is 0 Å². The Morgan fingerprint density at radius 3 is 2.68 bits per heavy atom. The van der Waals surface area contributed by atoms with Gasteiger partial charge in [0.05, 0.1) is 11.4 Å². The largest absolute Gasteiger partial charge is 0.397 e. The highest BCUT2D eigenvalue weighted by Crippen LogP contribution is 2.31.